The summed E-state index contributed by atoms with van der Waals surface area (Å²) in [5.41, 5.74) is 2.95. The van der Waals surface area contributed by atoms with Crippen LogP contribution in [0.15, 0.2) is 94.8 Å². The van der Waals surface area contributed by atoms with Gasteiger partial charge in [0.25, 0.3) is 11.1 Å². The van der Waals surface area contributed by atoms with E-state index in [0.29, 0.717) is 27.8 Å². The zero-order valence-electron chi connectivity index (χ0n) is 19.6. The lowest BCUT2D eigenvalue weighted by Crippen LogP contribution is -2.32. The summed E-state index contributed by atoms with van der Waals surface area (Å²) >= 11 is 0. The van der Waals surface area contributed by atoms with Gasteiger partial charge in [0.2, 0.25) is 11.8 Å². The fourth-order valence-corrected chi connectivity index (χ4v) is 4.06. The van der Waals surface area contributed by atoms with E-state index < -0.39 is 0 Å². The van der Waals surface area contributed by atoms with E-state index in [2.05, 4.69) is 20.6 Å². The Morgan fingerprint density at radius 3 is 1.89 bits per heavy atom. The number of nitrogens with zero attached hydrogens (tertiary/aromatic N) is 4. The van der Waals surface area contributed by atoms with Crippen LogP contribution in [0.5, 0.6) is 0 Å². The Balaban J connectivity index is 1.23. The predicted octanol–water partition coefficient (Wildman–Crippen LogP) is 2.06. The fourth-order valence-electron chi connectivity index (χ4n) is 4.06. The Hall–Kier alpha value is -5.12. The molecule has 0 aliphatic carbocycles. The van der Waals surface area contributed by atoms with Crippen molar-refractivity contribution in [2.45, 2.75) is 19.6 Å². The first kappa shape index (κ1) is 23.6. The van der Waals surface area contributed by atoms with Gasteiger partial charge in [-0.05, 0) is 42.0 Å². The number of amides is 2. The van der Waals surface area contributed by atoms with Crippen LogP contribution in [0.2, 0.25) is 0 Å². The molecule has 0 saturated heterocycles. The van der Waals surface area contributed by atoms with Crippen molar-refractivity contribution in [3.05, 3.63) is 111 Å². The third-order valence-electron chi connectivity index (χ3n) is 5.81. The van der Waals surface area contributed by atoms with Gasteiger partial charge in [-0.1, -0.05) is 36.4 Å². The number of carbonyl (C=O) groups is 2. The van der Waals surface area contributed by atoms with Gasteiger partial charge < -0.3 is 10.6 Å². The molecule has 5 rings (SSSR count). The summed E-state index contributed by atoms with van der Waals surface area (Å²) in [6.07, 6.45) is 2.40. The minimum atomic E-state index is -0.372. The van der Waals surface area contributed by atoms with Crippen LogP contribution >= 0.6 is 0 Å². The fraction of sp³-hybridized carbons (Fsp3) is 0.111. The quantitative estimate of drug-likeness (QED) is 0.357. The monoisotopic (exact) mass is 494 g/mol. The van der Waals surface area contributed by atoms with Crippen molar-refractivity contribution in [3.63, 3.8) is 0 Å². The SMILES string of the molecule is O=C(Cn1c(=O)cnc2ccccc21)NCc1cccc(NC(=O)Cn2c(=O)cnc3ccccc32)c1. The van der Waals surface area contributed by atoms with Crippen molar-refractivity contribution >= 4 is 39.6 Å². The van der Waals surface area contributed by atoms with Crippen molar-refractivity contribution in [3.8, 4) is 0 Å². The summed E-state index contributed by atoms with van der Waals surface area (Å²) < 4.78 is 2.74. The molecule has 10 nitrogen and oxygen atoms in total. The molecular weight excluding hydrogens is 472 g/mol. The van der Waals surface area contributed by atoms with Gasteiger partial charge in [-0.3, -0.25) is 28.3 Å². The number of anilines is 1. The molecule has 0 fully saturated rings. The second-order valence-corrected chi connectivity index (χ2v) is 8.37. The second-order valence-electron chi connectivity index (χ2n) is 8.37. The molecule has 2 aromatic heterocycles. The van der Waals surface area contributed by atoms with Crippen molar-refractivity contribution < 1.29 is 9.59 Å². The summed E-state index contributed by atoms with van der Waals surface area (Å²) in [5.74, 6) is -0.708. The molecule has 0 radical (unpaired) electrons. The van der Waals surface area contributed by atoms with Gasteiger partial charge in [-0.2, -0.15) is 0 Å². The average Bonchev–Trinajstić information content (AvgIpc) is 2.91. The summed E-state index contributed by atoms with van der Waals surface area (Å²) in [4.78, 5) is 58.1. The summed E-state index contributed by atoms with van der Waals surface area (Å²) in [6, 6.07) is 21.2. The van der Waals surface area contributed by atoms with Gasteiger partial charge in [0.05, 0.1) is 34.5 Å². The highest BCUT2D eigenvalue weighted by Crippen LogP contribution is 2.13. The van der Waals surface area contributed by atoms with Crippen LogP contribution in [0.3, 0.4) is 0 Å². The molecule has 37 heavy (non-hydrogen) atoms. The summed E-state index contributed by atoms with van der Waals surface area (Å²) in [5, 5.41) is 5.60. The normalized spacial score (nSPS) is 10.9. The summed E-state index contributed by atoms with van der Waals surface area (Å²) in [6.45, 7) is -0.112. The smallest absolute Gasteiger partial charge is 0.269 e. The number of hydrogen-bond donors (Lipinski definition) is 2. The number of hydrogen-bond acceptors (Lipinski definition) is 6. The van der Waals surface area contributed by atoms with E-state index in [1.807, 2.05) is 18.2 Å². The highest BCUT2D eigenvalue weighted by atomic mass is 16.2. The van der Waals surface area contributed by atoms with Crippen molar-refractivity contribution in [1.29, 1.82) is 0 Å². The minimum Gasteiger partial charge on any atom is -0.350 e. The van der Waals surface area contributed by atoms with E-state index in [1.54, 1.807) is 54.6 Å². The summed E-state index contributed by atoms with van der Waals surface area (Å²) in [7, 11) is 0. The Morgan fingerprint density at radius 2 is 1.27 bits per heavy atom. The standard InChI is InChI=1S/C27H22N6O4/c34-24(16-32-22-10-3-1-8-20(22)28-14-26(32)36)30-13-18-6-5-7-19(12-18)31-25(35)17-33-23-11-4-2-9-21(23)29-15-27(33)37/h1-12,14-15H,13,16-17H2,(H,30,34)(H,31,35). The van der Waals surface area contributed by atoms with Gasteiger partial charge >= 0.3 is 0 Å². The third kappa shape index (κ3) is 5.27. The van der Waals surface area contributed by atoms with E-state index in [4.69, 9.17) is 0 Å². The number of aromatic nitrogens is 4. The topological polar surface area (TPSA) is 128 Å². The van der Waals surface area contributed by atoms with Crippen molar-refractivity contribution in [2.75, 3.05) is 5.32 Å². The Labute approximate surface area is 210 Å². The van der Waals surface area contributed by atoms with Gasteiger partial charge in [0, 0.05) is 12.2 Å². The molecule has 0 aliphatic rings. The molecule has 0 spiro atoms. The molecule has 3 aromatic carbocycles. The molecule has 2 amide bonds. The number of fused-ring (bicyclic) bond motifs is 2. The van der Waals surface area contributed by atoms with Gasteiger partial charge in [0.1, 0.15) is 13.1 Å². The minimum absolute atomic E-state index is 0.146. The molecule has 0 bridgehead atoms. The third-order valence-corrected chi connectivity index (χ3v) is 5.81. The van der Waals surface area contributed by atoms with Crippen LogP contribution in [0.1, 0.15) is 5.56 Å². The zero-order valence-corrected chi connectivity index (χ0v) is 19.6. The highest BCUT2D eigenvalue weighted by molar-refractivity contribution is 5.91. The molecular formula is C27H22N6O4. The van der Waals surface area contributed by atoms with E-state index in [1.165, 1.54) is 21.5 Å². The Morgan fingerprint density at radius 1 is 0.703 bits per heavy atom. The molecule has 2 N–H and O–H groups in total. The van der Waals surface area contributed by atoms with E-state index in [-0.39, 0.29) is 42.6 Å². The highest BCUT2D eigenvalue weighted by Gasteiger charge is 2.11. The van der Waals surface area contributed by atoms with Crippen LogP contribution in [0.25, 0.3) is 22.1 Å². The maximum atomic E-state index is 12.7. The molecule has 0 unspecified atom stereocenters. The number of para-hydroxylation sites is 4. The first-order chi connectivity index (χ1) is 18.0. The predicted molar refractivity (Wildman–Crippen MR) is 139 cm³/mol. The first-order valence-corrected chi connectivity index (χ1v) is 11.5. The van der Waals surface area contributed by atoms with Crippen molar-refractivity contribution in [2.24, 2.45) is 0 Å². The number of nitrogens with one attached hydrogen (secondary N) is 2. The maximum Gasteiger partial charge on any atom is 0.269 e. The lowest BCUT2D eigenvalue weighted by Gasteiger charge is -2.12. The number of rotatable bonds is 7. The molecule has 0 atom stereocenters. The number of carbonyl (C=O) groups excluding carboxylic acids is 2. The molecule has 0 aliphatic heterocycles. The molecule has 2 heterocycles. The van der Waals surface area contributed by atoms with Gasteiger partial charge in [-0.15, -0.1) is 0 Å². The van der Waals surface area contributed by atoms with Gasteiger partial charge in [0.15, 0.2) is 0 Å². The maximum absolute atomic E-state index is 12.7. The van der Waals surface area contributed by atoms with Crippen LogP contribution in [0, 0.1) is 0 Å². The molecule has 10 heteroatoms. The second kappa shape index (κ2) is 10.2. The largest absolute Gasteiger partial charge is 0.350 e. The van der Waals surface area contributed by atoms with E-state index in [9.17, 15) is 19.2 Å². The number of benzene rings is 3. The zero-order chi connectivity index (χ0) is 25.8. The first-order valence-electron chi connectivity index (χ1n) is 11.5. The van der Waals surface area contributed by atoms with Crippen LogP contribution in [-0.2, 0) is 29.2 Å². The molecule has 184 valence electrons. The Kier molecular flexibility index (Phi) is 6.54. The van der Waals surface area contributed by atoms with E-state index >= 15 is 0 Å². The lowest BCUT2D eigenvalue weighted by atomic mass is 10.2. The van der Waals surface area contributed by atoms with E-state index in [0.717, 1.165) is 5.56 Å². The van der Waals surface area contributed by atoms with Crippen molar-refractivity contribution in [1.82, 2.24) is 24.4 Å². The molecule has 0 saturated carbocycles. The Bertz CT molecular complexity index is 1760. The van der Waals surface area contributed by atoms with Crippen LogP contribution in [-0.4, -0.2) is 30.9 Å². The van der Waals surface area contributed by atoms with Gasteiger partial charge in [-0.25, -0.2) is 9.97 Å². The lowest BCUT2D eigenvalue weighted by molar-refractivity contribution is -0.121. The molecule has 5 aromatic rings. The average molecular weight is 495 g/mol. The van der Waals surface area contributed by atoms with Crippen LogP contribution < -0.4 is 21.8 Å². The van der Waals surface area contributed by atoms with Crippen LogP contribution in [0.4, 0.5) is 5.69 Å².